The van der Waals surface area contributed by atoms with Crippen LogP contribution in [0.3, 0.4) is 0 Å². The van der Waals surface area contributed by atoms with Gasteiger partial charge in [0.05, 0.1) is 0 Å². The Morgan fingerprint density at radius 1 is 0.614 bits per heavy atom. The number of rotatable bonds is 10. The summed E-state index contributed by atoms with van der Waals surface area (Å²) < 4.78 is 13.6. The van der Waals surface area contributed by atoms with Crippen LogP contribution >= 0.6 is 45.2 Å². The van der Waals surface area contributed by atoms with Crippen molar-refractivity contribution in [1.29, 1.82) is 0 Å². The first kappa shape index (κ1) is 33.4. The van der Waals surface area contributed by atoms with Gasteiger partial charge in [0.25, 0.3) is 0 Å². The van der Waals surface area contributed by atoms with Gasteiger partial charge in [-0.15, -0.1) is 0 Å². The lowest BCUT2D eigenvalue weighted by Gasteiger charge is -2.25. The molecule has 2 heterocycles. The Labute approximate surface area is 285 Å². The molecule has 0 spiro atoms. The molecule has 0 fully saturated rings. The second-order valence-electron chi connectivity index (χ2n) is 10.2. The van der Waals surface area contributed by atoms with Crippen molar-refractivity contribution in [1.82, 2.24) is 19.8 Å². The predicted octanol–water partition coefficient (Wildman–Crippen LogP) is 6.11. The number of nitrogens with zero attached hydrogens (tertiary/aromatic N) is 4. The van der Waals surface area contributed by atoms with E-state index in [-0.39, 0.29) is 0 Å². The molecule has 0 amide bonds. The third-order valence-electron chi connectivity index (χ3n) is 6.51. The number of pyridine rings is 2. The molecule has 0 radical (unpaired) electrons. The maximum absolute atomic E-state index is 13.2. The lowest BCUT2D eigenvalue weighted by molar-refractivity contribution is -0.178. The van der Waals surface area contributed by atoms with Crippen LogP contribution in [0.25, 0.3) is 11.1 Å². The van der Waals surface area contributed by atoms with Gasteiger partial charge >= 0.3 is 11.9 Å². The summed E-state index contributed by atoms with van der Waals surface area (Å²) in [5, 5.41) is 0. The first-order valence-electron chi connectivity index (χ1n) is 13.6. The van der Waals surface area contributed by atoms with Crippen molar-refractivity contribution >= 4 is 68.3 Å². The van der Waals surface area contributed by atoms with Crippen LogP contribution in [-0.2, 0) is 19.1 Å². The highest BCUT2D eigenvalue weighted by Crippen LogP contribution is 2.27. The minimum atomic E-state index is -1.11. The number of carbonyl (C=O) groups is 2. The Morgan fingerprint density at radius 2 is 0.977 bits per heavy atom. The van der Waals surface area contributed by atoms with Gasteiger partial charge in [0.2, 0.25) is 0 Å². The molecule has 44 heavy (non-hydrogen) atoms. The number of ether oxygens (including phenoxy) is 2. The Hall–Kier alpha value is -3.46. The quantitative estimate of drug-likeness (QED) is 0.0822. The molecule has 0 aliphatic heterocycles. The minimum Gasteiger partial charge on any atom is -0.434 e. The highest BCUT2D eigenvalue weighted by Gasteiger charge is 2.27. The molecule has 226 valence electrons. The molecule has 2 aromatic heterocycles. The molecule has 0 saturated carbocycles. The van der Waals surface area contributed by atoms with Gasteiger partial charge in [0, 0.05) is 43.1 Å². The molecular weight excluding hydrogens is 782 g/mol. The fraction of sp³-hybridized carbons (Fsp3) is 0.176. The zero-order valence-corrected chi connectivity index (χ0v) is 29.0. The predicted molar refractivity (Wildman–Crippen MR) is 188 cm³/mol. The van der Waals surface area contributed by atoms with Gasteiger partial charge in [-0.25, -0.2) is 9.59 Å². The third-order valence-corrected chi connectivity index (χ3v) is 7.95. The smallest absolute Gasteiger partial charge is 0.419 e. The van der Waals surface area contributed by atoms with Crippen molar-refractivity contribution < 1.29 is 19.1 Å². The van der Waals surface area contributed by atoms with Gasteiger partial charge in [0.1, 0.15) is 0 Å². The summed E-state index contributed by atoms with van der Waals surface area (Å²) in [7, 11) is 7.06. The minimum absolute atomic E-state index is 0.808. The SMILES string of the molecule is CN(C)C(/C=C(/c1ccc(I)cc1)c1cccnc1)OC(=O)C(=O)OC(/C=C(/c1ccc(I)cc1)c1cccnc1)N(C)C. The van der Waals surface area contributed by atoms with E-state index in [1.807, 2.05) is 72.8 Å². The van der Waals surface area contributed by atoms with Gasteiger partial charge in [-0.3, -0.25) is 19.8 Å². The lowest BCUT2D eigenvalue weighted by Crippen LogP contribution is -2.38. The highest BCUT2D eigenvalue weighted by atomic mass is 127. The van der Waals surface area contributed by atoms with Crippen molar-refractivity contribution in [3.8, 4) is 0 Å². The second-order valence-corrected chi connectivity index (χ2v) is 12.7. The van der Waals surface area contributed by atoms with Crippen LogP contribution in [0.5, 0.6) is 0 Å². The molecule has 0 N–H and O–H groups in total. The molecule has 0 bridgehead atoms. The molecule has 2 unspecified atom stereocenters. The van der Waals surface area contributed by atoms with Crippen molar-refractivity contribution in [2.45, 2.75) is 12.5 Å². The average Bonchev–Trinajstić information content (AvgIpc) is 3.02. The van der Waals surface area contributed by atoms with E-state index in [4.69, 9.17) is 9.47 Å². The number of benzene rings is 2. The Bertz CT molecular complexity index is 1490. The van der Waals surface area contributed by atoms with Crippen LogP contribution in [0.2, 0.25) is 0 Å². The Kier molecular flexibility index (Phi) is 12.2. The fourth-order valence-corrected chi connectivity index (χ4v) is 4.92. The lowest BCUT2D eigenvalue weighted by atomic mass is 9.98. The Balaban J connectivity index is 1.60. The number of hydrogen-bond donors (Lipinski definition) is 0. The van der Waals surface area contributed by atoms with Crippen molar-refractivity contribution in [2.75, 3.05) is 28.2 Å². The highest BCUT2D eigenvalue weighted by molar-refractivity contribution is 14.1. The number of halogens is 2. The first-order valence-corrected chi connectivity index (χ1v) is 15.8. The Morgan fingerprint density at radius 3 is 1.27 bits per heavy atom. The van der Waals surface area contributed by atoms with E-state index in [1.165, 1.54) is 0 Å². The summed E-state index contributed by atoms with van der Waals surface area (Å²) in [6, 6.07) is 23.5. The topological polar surface area (TPSA) is 84.9 Å². The number of esters is 2. The molecular formula is C34H32I2N4O4. The molecule has 4 rings (SSSR count). The molecule has 4 aromatic rings. The summed E-state index contributed by atoms with van der Waals surface area (Å²) in [4.78, 5) is 38.2. The first-order chi connectivity index (χ1) is 21.1. The van der Waals surface area contributed by atoms with Crippen LogP contribution in [0.15, 0.2) is 110 Å². The average molecular weight is 814 g/mol. The zero-order valence-electron chi connectivity index (χ0n) is 24.7. The molecule has 10 heteroatoms. The molecule has 0 aliphatic rings. The number of carbonyl (C=O) groups excluding carboxylic acids is 2. The molecule has 8 nitrogen and oxygen atoms in total. The summed E-state index contributed by atoms with van der Waals surface area (Å²) in [5.74, 6) is -2.21. The van der Waals surface area contributed by atoms with E-state index in [0.717, 1.165) is 40.5 Å². The van der Waals surface area contributed by atoms with Crippen molar-refractivity contribution in [3.05, 3.63) is 139 Å². The second kappa shape index (κ2) is 16.0. The number of likely N-dealkylation sites (N-methyl/N-ethyl adjacent to an activating group) is 2. The maximum atomic E-state index is 13.2. The van der Waals surface area contributed by atoms with E-state index in [1.54, 1.807) is 74.9 Å². The van der Waals surface area contributed by atoms with Crippen LogP contribution < -0.4 is 0 Å². The zero-order chi connectivity index (χ0) is 31.6. The van der Waals surface area contributed by atoms with Crippen LogP contribution in [-0.4, -0.2) is 72.4 Å². The molecule has 2 aromatic carbocycles. The number of aromatic nitrogens is 2. The van der Waals surface area contributed by atoms with E-state index >= 15 is 0 Å². The normalized spacial score (nSPS) is 13.5. The molecule has 2 atom stereocenters. The van der Waals surface area contributed by atoms with E-state index < -0.39 is 24.4 Å². The summed E-state index contributed by atoms with van der Waals surface area (Å²) in [6.07, 6.45) is 8.74. The van der Waals surface area contributed by atoms with Gasteiger partial charge in [-0.2, -0.15) is 0 Å². The monoisotopic (exact) mass is 814 g/mol. The van der Waals surface area contributed by atoms with Crippen molar-refractivity contribution in [2.24, 2.45) is 0 Å². The van der Waals surface area contributed by atoms with Crippen LogP contribution in [0, 0.1) is 7.14 Å². The van der Waals surface area contributed by atoms with Gasteiger partial charge in [-0.1, -0.05) is 36.4 Å². The van der Waals surface area contributed by atoms with E-state index in [9.17, 15) is 9.59 Å². The van der Waals surface area contributed by atoms with Crippen LogP contribution in [0.4, 0.5) is 0 Å². The van der Waals surface area contributed by atoms with E-state index in [0.29, 0.717) is 0 Å². The van der Waals surface area contributed by atoms with Gasteiger partial charge < -0.3 is 9.47 Å². The maximum Gasteiger partial charge on any atom is 0.419 e. The van der Waals surface area contributed by atoms with Gasteiger partial charge in [0.15, 0.2) is 12.5 Å². The third kappa shape index (κ3) is 9.27. The molecule has 0 aliphatic carbocycles. The van der Waals surface area contributed by atoms with E-state index in [2.05, 4.69) is 55.1 Å². The standard InChI is InChI=1S/C34H32I2N4O4/c1-39(2)31(19-29(25-7-5-17-37-21-25)23-9-13-27(35)14-10-23)43-33(41)34(42)44-32(40(3)4)20-30(26-8-6-18-38-22-26)24-11-15-28(36)16-12-24/h5-22,31-32H,1-4H3/b29-19-,30-20-. The van der Waals surface area contributed by atoms with Crippen LogP contribution in [0.1, 0.15) is 22.3 Å². The molecule has 0 saturated heterocycles. The fourth-order valence-electron chi connectivity index (χ4n) is 4.20. The summed E-state index contributed by atoms with van der Waals surface area (Å²) in [6.45, 7) is 0. The summed E-state index contributed by atoms with van der Waals surface area (Å²) >= 11 is 4.50. The number of hydrogen-bond acceptors (Lipinski definition) is 8. The summed E-state index contributed by atoms with van der Waals surface area (Å²) in [5.41, 5.74) is 5.13. The van der Waals surface area contributed by atoms with Gasteiger partial charge in [-0.05, 0) is 144 Å². The largest absolute Gasteiger partial charge is 0.434 e. The van der Waals surface area contributed by atoms with Crippen molar-refractivity contribution in [3.63, 3.8) is 0 Å².